The molecule has 4 heteroatoms. The Morgan fingerprint density at radius 2 is 1.83 bits per heavy atom. The normalized spacial score (nSPS) is 14.5. The zero-order valence-electron chi connectivity index (χ0n) is 10.1. The van der Waals surface area contributed by atoms with Crippen molar-refractivity contribution in [3.8, 4) is 11.3 Å². The lowest BCUT2D eigenvalue weighted by Crippen LogP contribution is -2.02. The van der Waals surface area contributed by atoms with E-state index in [0.717, 1.165) is 17.4 Å². The summed E-state index contributed by atoms with van der Waals surface area (Å²) in [6, 6.07) is 8.48. The zero-order chi connectivity index (χ0) is 11.7. The molecular weight excluding hydrogens is 312 g/mol. The van der Waals surface area contributed by atoms with Gasteiger partial charge in [-0.1, -0.05) is 34.5 Å². The summed E-state index contributed by atoms with van der Waals surface area (Å²) in [5, 5.41) is 0. The molecule has 0 aliphatic carbocycles. The molecule has 3 rings (SSSR count). The molecule has 1 aliphatic heterocycles. The summed E-state index contributed by atoms with van der Waals surface area (Å²) in [4.78, 5) is 4.57. The lowest BCUT2D eigenvalue weighted by molar-refractivity contribution is 0.638. The van der Waals surface area contributed by atoms with E-state index in [2.05, 4.69) is 49.7 Å². The summed E-state index contributed by atoms with van der Waals surface area (Å²) in [7, 11) is 0. The molecule has 0 spiro atoms. The van der Waals surface area contributed by atoms with Gasteiger partial charge in [0.1, 0.15) is 5.82 Å². The minimum absolute atomic E-state index is 0. The zero-order valence-corrected chi connectivity index (χ0v) is 12.5. The van der Waals surface area contributed by atoms with Crippen LogP contribution in [0.2, 0.25) is 0 Å². The summed E-state index contributed by atoms with van der Waals surface area (Å²) < 4.78 is 3.51. The van der Waals surface area contributed by atoms with Crippen LogP contribution in [0.5, 0.6) is 0 Å². The average Bonchev–Trinajstić information content (AvgIpc) is 2.60. The number of imidazole rings is 1. The monoisotopic (exact) mass is 326 g/mol. The fraction of sp³-hybridized carbons (Fsp3) is 0.357. The summed E-state index contributed by atoms with van der Waals surface area (Å²) >= 11 is 3.47. The lowest BCUT2D eigenvalue weighted by atomic mass is 10.1. The molecule has 0 saturated carbocycles. The number of fused-ring (bicyclic) bond motifs is 1. The Labute approximate surface area is 122 Å². The SMILES string of the molecule is Brc1ccc(-c2cnc3n2CCCCC3)cc1.Cl. The Morgan fingerprint density at radius 1 is 1.06 bits per heavy atom. The summed E-state index contributed by atoms with van der Waals surface area (Å²) in [5.74, 6) is 1.25. The Morgan fingerprint density at radius 3 is 2.61 bits per heavy atom. The van der Waals surface area contributed by atoms with E-state index in [4.69, 9.17) is 0 Å². The van der Waals surface area contributed by atoms with Crippen molar-refractivity contribution in [2.24, 2.45) is 0 Å². The summed E-state index contributed by atoms with van der Waals surface area (Å²) in [6.07, 6.45) is 7.01. The van der Waals surface area contributed by atoms with Crippen molar-refractivity contribution in [3.05, 3.63) is 40.8 Å². The fourth-order valence-electron chi connectivity index (χ4n) is 2.44. The molecule has 1 aromatic carbocycles. The van der Waals surface area contributed by atoms with E-state index in [9.17, 15) is 0 Å². The minimum Gasteiger partial charge on any atom is -0.328 e. The van der Waals surface area contributed by atoms with Gasteiger partial charge in [-0.2, -0.15) is 0 Å². The van der Waals surface area contributed by atoms with Crippen LogP contribution < -0.4 is 0 Å². The number of aromatic nitrogens is 2. The van der Waals surface area contributed by atoms with E-state index in [0.29, 0.717) is 0 Å². The van der Waals surface area contributed by atoms with Crippen molar-refractivity contribution in [1.29, 1.82) is 0 Å². The molecule has 0 saturated heterocycles. The predicted molar refractivity (Wildman–Crippen MR) is 80.2 cm³/mol. The third-order valence-corrected chi connectivity index (χ3v) is 3.89. The highest BCUT2D eigenvalue weighted by atomic mass is 79.9. The van der Waals surface area contributed by atoms with Crippen molar-refractivity contribution in [3.63, 3.8) is 0 Å². The molecule has 0 amide bonds. The Balaban J connectivity index is 0.00000120. The van der Waals surface area contributed by atoms with Crippen molar-refractivity contribution in [2.75, 3.05) is 0 Å². The molecule has 0 fully saturated rings. The summed E-state index contributed by atoms with van der Waals surface area (Å²) in [6.45, 7) is 1.11. The molecule has 0 N–H and O–H groups in total. The molecule has 2 heterocycles. The van der Waals surface area contributed by atoms with E-state index in [1.807, 2.05) is 6.20 Å². The standard InChI is InChI=1S/C14H15BrN2.ClH/c15-12-7-5-11(6-8-12)13-10-16-14-4-2-1-3-9-17(13)14;/h5-8,10H,1-4,9H2;1H. The Kier molecular flexibility index (Phi) is 4.46. The number of hydrogen-bond acceptors (Lipinski definition) is 1. The molecule has 18 heavy (non-hydrogen) atoms. The maximum absolute atomic E-state index is 4.57. The van der Waals surface area contributed by atoms with Gasteiger partial charge in [0.05, 0.1) is 11.9 Å². The lowest BCUT2D eigenvalue weighted by Gasteiger charge is -2.08. The Bertz CT molecular complexity index is 519. The van der Waals surface area contributed by atoms with Gasteiger partial charge in [-0.05, 0) is 30.5 Å². The third-order valence-electron chi connectivity index (χ3n) is 3.36. The molecule has 0 bridgehead atoms. The van der Waals surface area contributed by atoms with Crippen molar-refractivity contribution in [2.45, 2.75) is 32.2 Å². The number of nitrogens with zero attached hydrogens (tertiary/aromatic N) is 2. The smallest absolute Gasteiger partial charge is 0.109 e. The number of hydrogen-bond donors (Lipinski definition) is 0. The van der Waals surface area contributed by atoms with E-state index < -0.39 is 0 Å². The van der Waals surface area contributed by atoms with Crippen LogP contribution in [0.4, 0.5) is 0 Å². The predicted octanol–water partition coefficient (Wildman–Crippen LogP) is 4.46. The van der Waals surface area contributed by atoms with Crippen LogP contribution in [0.25, 0.3) is 11.3 Å². The topological polar surface area (TPSA) is 17.8 Å². The van der Waals surface area contributed by atoms with Crippen LogP contribution in [0.1, 0.15) is 25.1 Å². The van der Waals surface area contributed by atoms with Crippen LogP contribution in [-0.4, -0.2) is 9.55 Å². The molecule has 0 radical (unpaired) electrons. The first-order chi connectivity index (χ1) is 8.34. The maximum atomic E-state index is 4.57. The number of halogens is 2. The quantitative estimate of drug-likeness (QED) is 0.756. The van der Waals surface area contributed by atoms with Gasteiger partial charge in [-0.3, -0.25) is 0 Å². The highest BCUT2D eigenvalue weighted by Crippen LogP contribution is 2.25. The molecule has 1 aromatic heterocycles. The Hall–Kier alpha value is -0.800. The van der Waals surface area contributed by atoms with Gasteiger partial charge >= 0.3 is 0 Å². The largest absolute Gasteiger partial charge is 0.328 e. The first kappa shape index (κ1) is 13.6. The number of aryl methyl sites for hydroxylation is 1. The van der Waals surface area contributed by atoms with E-state index in [-0.39, 0.29) is 12.4 Å². The first-order valence-corrected chi connectivity index (χ1v) is 6.94. The van der Waals surface area contributed by atoms with Gasteiger partial charge in [0.25, 0.3) is 0 Å². The second-order valence-electron chi connectivity index (χ2n) is 4.53. The van der Waals surface area contributed by atoms with Crippen molar-refractivity contribution >= 4 is 28.3 Å². The third kappa shape index (κ3) is 2.62. The fourth-order valence-corrected chi connectivity index (χ4v) is 2.71. The van der Waals surface area contributed by atoms with Gasteiger partial charge in [0.15, 0.2) is 0 Å². The van der Waals surface area contributed by atoms with Crippen LogP contribution in [0, 0.1) is 0 Å². The molecule has 1 aliphatic rings. The molecule has 2 aromatic rings. The number of benzene rings is 1. The van der Waals surface area contributed by atoms with Crippen LogP contribution in [-0.2, 0) is 13.0 Å². The van der Waals surface area contributed by atoms with E-state index >= 15 is 0 Å². The van der Waals surface area contributed by atoms with Crippen molar-refractivity contribution < 1.29 is 0 Å². The van der Waals surface area contributed by atoms with Crippen molar-refractivity contribution in [1.82, 2.24) is 9.55 Å². The van der Waals surface area contributed by atoms with E-state index in [1.165, 1.54) is 36.3 Å². The van der Waals surface area contributed by atoms with Gasteiger partial charge in [0, 0.05) is 17.4 Å². The van der Waals surface area contributed by atoms with Crippen LogP contribution >= 0.6 is 28.3 Å². The van der Waals surface area contributed by atoms with Gasteiger partial charge in [0.2, 0.25) is 0 Å². The number of rotatable bonds is 1. The van der Waals surface area contributed by atoms with E-state index in [1.54, 1.807) is 0 Å². The molecule has 0 atom stereocenters. The van der Waals surface area contributed by atoms with Gasteiger partial charge in [-0.25, -0.2) is 4.98 Å². The van der Waals surface area contributed by atoms with Gasteiger partial charge in [-0.15, -0.1) is 12.4 Å². The molecule has 0 unspecified atom stereocenters. The maximum Gasteiger partial charge on any atom is 0.109 e. The highest BCUT2D eigenvalue weighted by molar-refractivity contribution is 9.10. The second-order valence-corrected chi connectivity index (χ2v) is 5.44. The van der Waals surface area contributed by atoms with Crippen LogP contribution in [0.3, 0.4) is 0 Å². The van der Waals surface area contributed by atoms with Crippen LogP contribution in [0.15, 0.2) is 34.9 Å². The molecular formula is C14H16BrClN2. The summed E-state index contributed by atoms with van der Waals surface area (Å²) in [5.41, 5.74) is 2.52. The first-order valence-electron chi connectivity index (χ1n) is 6.15. The average molecular weight is 328 g/mol. The highest BCUT2D eigenvalue weighted by Gasteiger charge is 2.13. The second kappa shape index (κ2) is 5.89. The van der Waals surface area contributed by atoms with Gasteiger partial charge < -0.3 is 4.57 Å². The molecule has 2 nitrogen and oxygen atoms in total. The minimum atomic E-state index is 0. The molecule has 96 valence electrons.